The van der Waals surface area contributed by atoms with Gasteiger partial charge in [-0.05, 0) is 24.6 Å². The number of hydrogen-bond acceptors (Lipinski definition) is 4. The number of aromatic nitrogens is 2. The minimum Gasteiger partial charge on any atom is -0.477 e. The third kappa shape index (κ3) is 3.68. The Morgan fingerprint density at radius 2 is 2.00 bits per heavy atom. The summed E-state index contributed by atoms with van der Waals surface area (Å²) >= 11 is 5.83. The molecule has 0 fully saturated rings. The summed E-state index contributed by atoms with van der Waals surface area (Å²) in [6.07, 6.45) is 0.455. The van der Waals surface area contributed by atoms with E-state index >= 15 is 0 Å². The van der Waals surface area contributed by atoms with Crippen LogP contribution >= 0.6 is 11.6 Å². The van der Waals surface area contributed by atoms with Gasteiger partial charge in [-0.25, -0.2) is 14.8 Å². The molecular weight excluding hydrogens is 278 g/mol. The van der Waals surface area contributed by atoms with Crippen LogP contribution in [0.25, 0.3) is 0 Å². The molecule has 2 N–H and O–H groups in total. The summed E-state index contributed by atoms with van der Waals surface area (Å²) in [4.78, 5) is 19.4. The van der Waals surface area contributed by atoms with Crippen molar-refractivity contribution < 1.29 is 9.90 Å². The normalized spacial score (nSPS) is 10.3. The predicted octanol–water partition coefficient (Wildman–Crippen LogP) is 2.85. The first kappa shape index (κ1) is 14.3. The molecule has 0 unspecified atom stereocenters. The van der Waals surface area contributed by atoms with Crippen molar-refractivity contribution in [3.05, 3.63) is 52.4 Å². The third-order valence-corrected chi connectivity index (χ3v) is 2.88. The van der Waals surface area contributed by atoms with Crippen LogP contribution in [0.3, 0.4) is 0 Å². The van der Waals surface area contributed by atoms with Crippen LogP contribution < -0.4 is 5.32 Å². The first-order valence-corrected chi connectivity index (χ1v) is 6.56. The summed E-state index contributed by atoms with van der Waals surface area (Å²) in [5.74, 6) is -0.0871. The molecule has 0 atom stereocenters. The second kappa shape index (κ2) is 6.34. The van der Waals surface area contributed by atoms with Crippen LogP contribution in [0.4, 0.5) is 5.82 Å². The number of aromatic carboxylic acids is 1. The van der Waals surface area contributed by atoms with Crippen LogP contribution in [0.1, 0.15) is 28.8 Å². The highest BCUT2D eigenvalue weighted by Crippen LogP contribution is 2.14. The molecule has 0 aliphatic rings. The molecule has 2 rings (SSSR count). The Balaban J connectivity index is 2.29. The standard InChI is InChI=1S/C14H14ClN3O2/c1-2-16-12-8-11(14(19)20)17-13(18-12)7-9-3-5-10(15)6-4-9/h3-6,8H,2,7H2,1H3,(H,19,20)(H,16,17,18). The number of carbonyl (C=O) groups is 1. The minimum atomic E-state index is -1.07. The molecule has 0 aliphatic heterocycles. The van der Waals surface area contributed by atoms with E-state index < -0.39 is 5.97 Å². The summed E-state index contributed by atoms with van der Waals surface area (Å²) in [6, 6.07) is 8.72. The largest absolute Gasteiger partial charge is 0.477 e. The lowest BCUT2D eigenvalue weighted by Crippen LogP contribution is -2.09. The third-order valence-electron chi connectivity index (χ3n) is 2.62. The van der Waals surface area contributed by atoms with E-state index in [1.54, 1.807) is 12.1 Å². The first-order chi connectivity index (χ1) is 9.58. The van der Waals surface area contributed by atoms with Gasteiger partial charge in [0.15, 0.2) is 5.69 Å². The molecule has 1 heterocycles. The maximum absolute atomic E-state index is 11.1. The van der Waals surface area contributed by atoms with Gasteiger partial charge in [-0.3, -0.25) is 0 Å². The van der Waals surface area contributed by atoms with Gasteiger partial charge in [0.25, 0.3) is 0 Å². The lowest BCUT2D eigenvalue weighted by Gasteiger charge is -2.07. The van der Waals surface area contributed by atoms with Gasteiger partial charge >= 0.3 is 5.97 Å². The number of benzene rings is 1. The fourth-order valence-electron chi connectivity index (χ4n) is 1.74. The maximum Gasteiger partial charge on any atom is 0.354 e. The summed E-state index contributed by atoms with van der Waals surface area (Å²) in [5.41, 5.74) is 0.958. The topological polar surface area (TPSA) is 75.1 Å². The van der Waals surface area contributed by atoms with Crippen molar-refractivity contribution in [3.63, 3.8) is 0 Å². The van der Waals surface area contributed by atoms with Gasteiger partial charge in [0.1, 0.15) is 11.6 Å². The number of carboxylic acids is 1. The molecule has 1 aromatic heterocycles. The first-order valence-electron chi connectivity index (χ1n) is 6.18. The molecule has 104 valence electrons. The van der Waals surface area contributed by atoms with E-state index in [0.717, 1.165) is 5.56 Å². The van der Waals surface area contributed by atoms with Gasteiger partial charge in [0.2, 0.25) is 0 Å². The Labute approximate surface area is 121 Å². The molecule has 0 aliphatic carbocycles. The van der Waals surface area contributed by atoms with Crippen LogP contribution in [0.15, 0.2) is 30.3 Å². The van der Waals surface area contributed by atoms with Crippen molar-refractivity contribution in [1.82, 2.24) is 9.97 Å². The number of rotatable bonds is 5. The van der Waals surface area contributed by atoms with Crippen LogP contribution in [0, 0.1) is 0 Å². The average Bonchev–Trinajstić information content (AvgIpc) is 2.41. The van der Waals surface area contributed by atoms with Gasteiger partial charge in [0, 0.05) is 24.1 Å². The lowest BCUT2D eigenvalue weighted by atomic mass is 10.1. The number of halogens is 1. The fraction of sp³-hybridized carbons (Fsp3) is 0.214. The molecular formula is C14H14ClN3O2. The quantitative estimate of drug-likeness (QED) is 0.886. The molecule has 5 nitrogen and oxygen atoms in total. The van der Waals surface area contributed by atoms with Crippen molar-refractivity contribution in [1.29, 1.82) is 0 Å². The number of carboxylic acid groups (broad SMARTS) is 1. The van der Waals surface area contributed by atoms with Gasteiger partial charge in [0.05, 0.1) is 0 Å². The molecule has 20 heavy (non-hydrogen) atoms. The monoisotopic (exact) mass is 291 g/mol. The second-order valence-electron chi connectivity index (χ2n) is 4.19. The number of anilines is 1. The van der Waals surface area contributed by atoms with Crippen LogP contribution in [-0.2, 0) is 6.42 Å². The Hall–Kier alpha value is -2.14. The summed E-state index contributed by atoms with van der Waals surface area (Å²) < 4.78 is 0. The number of nitrogens with zero attached hydrogens (tertiary/aromatic N) is 2. The molecule has 0 radical (unpaired) electrons. The Morgan fingerprint density at radius 1 is 1.30 bits per heavy atom. The van der Waals surface area contributed by atoms with Crippen molar-refractivity contribution in [2.45, 2.75) is 13.3 Å². The molecule has 0 bridgehead atoms. The molecule has 0 saturated heterocycles. The molecule has 0 spiro atoms. The van der Waals surface area contributed by atoms with Crippen LogP contribution in [-0.4, -0.2) is 27.6 Å². The maximum atomic E-state index is 11.1. The molecule has 0 saturated carbocycles. The van der Waals surface area contributed by atoms with Gasteiger partial charge in [-0.15, -0.1) is 0 Å². The molecule has 2 aromatic rings. The zero-order chi connectivity index (χ0) is 14.5. The highest BCUT2D eigenvalue weighted by atomic mass is 35.5. The molecule has 1 aromatic carbocycles. The van der Waals surface area contributed by atoms with Crippen molar-refractivity contribution >= 4 is 23.4 Å². The predicted molar refractivity (Wildman–Crippen MR) is 77.4 cm³/mol. The van der Waals surface area contributed by atoms with E-state index in [2.05, 4.69) is 15.3 Å². The molecule has 0 amide bonds. The minimum absolute atomic E-state index is 0.0140. The van der Waals surface area contributed by atoms with Gasteiger partial charge in [-0.2, -0.15) is 0 Å². The zero-order valence-corrected chi connectivity index (χ0v) is 11.7. The Morgan fingerprint density at radius 3 is 2.60 bits per heavy atom. The smallest absolute Gasteiger partial charge is 0.354 e. The van der Waals surface area contributed by atoms with E-state index in [1.165, 1.54) is 6.07 Å². The lowest BCUT2D eigenvalue weighted by molar-refractivity contribution is 0.0690. The number of hydrogen-bond donors (Lipinski definition) is 2. The van der Waals surface area contributed by atoms with E-state index in [4.69, 9.17) is 16.7 Å². The van der Waals surface area contributed by atoms with E-state index in [-0.39, 0.29) is 5.69 Å². The fourth-order valence-corrected chi connectivity index (χ4v) is 1.87. The van der Waals surface area contributed by atoms with Crippen LogP contribution in [0.5, 0.6) is 0 Å². The second-order valence-corrected chi connectivity index (χ2v) is 4.63. The zero-order valence-electron chi connectivity index (χ0n) is 10.9. The highest BCUT2D eigenvalue weighted by molar-refractivity contribution is 6.30. The van der Waals surface area contributed by atoms with Crippen molar-refractivity contribution in [2.24, 2.45) is 0 Å². The summed E-state index contributed by atoms with van der Waals surface area (Å²) in [7, 11) is 0. The van der Waals surface area contributed by atoms with E-state index in [0.29, 0.717) is 29.6 Å². The summed E-state index contributed by atoms with van der Waals surface area (Å²) in [5, 5.41) is 12.7. The Kier molecular flexibility index (Phi) is 4.53. The number of nitrogens with one attached hydrogen (secondary N) is 1. The highest BCUT2D eigenvalue weighted by Gasteiger charge is 2.10. The average molecular weight is 292 g/mol. The Bertz CT molecular complexity index is 614. The van der Waals surface area contributed by atoms with Crippen LogP contribution in [0.2, 0.25) is 5.02 Å². The van der Waals surface area contributed by atoms with Crippen molar-refractivity contribution in [3.8, 4) is 0 Å². The molecule has 6 heteroatoms. The summed E-state index contributed by atoms with van der Waals surface area (Å²) in [6.45, 7) is 2.58. The van der Waals surface area contributed by atoms with Gasteiger partial charge < -0.3 is 10.4 Å². The van der Waals surface area contributed by atoms with Crippen molar-refractivity contribution in [2.75, 3.05) is 11.9 Å². The van der Waals surface area contributed by atoms with Gasteiger partial charge in [-0.1, -0.05) is 23.7 Å². The van der Waals surface area contributed by atoms with E-state index in [1.807, 2.05) is 19.1 Å². The van der Waals surface area contributed by atoms with E-state index in [9.17, 15) is 4.79 Å². The SMILES string of the molecule is CCNc1cc(C(=O)O)nc(Cc2ccc(Cl)cc2)n1.